The van der Waals surface area contributed by atoms with Gasteiger partial charge in [0.1, 0.15) is 46.0 Å². The Balaban J connectivity index is 0.000000226. The molecule has 13 N–H and O–H groups in total. The maximum absolute atomic E-state index is 12.0. The number of hydrogen-bond acceptors (Lipinski definition) is 23. The number of carbonyl (C=O) groups excluding carboxylic acids is 7. The molecule has 14 aromatic rings. The number of hydrogen-bond donors (Lipinski definition) is 13. The normalized spacial score (nSPS) is 10.6. The first kappa shape index (κ1) is 113. The van der Waals surface area contributed by atoms with Crippen molar-refractivity contribution in [1.29, 1.82) is 0 Å². The van der Waals surface area contributed by atoms with Gasteiger partial charge in [-0.25, -0.2) is 38.0 Å². The average Bonchev–Trinajstić information content (AvgIpc) is 0.863. The maximum atomic E-state index is 12.0. The van der Waals surface area contributed by atoms with Crippen LogP contribution in [-0.4, -0.2) is 144 Å². The van der Waals surface area contributed by atoms with Crippen molar-refractivity contribution < 1.29 is 73.7 Å². The number of benzene rings is 14. The summed E-state index contributed by atoms with van der Waals surface area (Å²) in [4.78, 5) is 85.3. The van der Waals surface area contributed by atoms with Crippen molar-refractivity contribution in [1.82, 2.24) is 38.0 Å². The Bertz CT molecular complexity index is 6920. The van der Waals surface area contributed by atoms with Crippen molar-refractivity contribution in [3.8, 4) is 46.0 Å². The molecule has 33 heteroatoms. The molecule has 0 aliphatic heterocycles. The van der Waals surface area contributed by atoms with E-state index in [1.807, 2.05) is 219 Å². The fourth-order valence-electron chi connectivity index (χ4n) is 12.1. The van der Waals surface area contributed by atoms with Crippen LogP contribution in [0.5, 0.6) is 46.0 Å². The van der Waals surface area contributed by atoms with Gasteiger partial charge in [-0.05, 0) is 321 Å². The van der Waals surface area contributed by atoms with Crippen molar-refractivity contribution in [3.63, 3.8) is 0 Å². The molecule has 0 atom stereocenters. The number of carbonyl (C=O) groups is 7. The third-order valence-electron chi connectivity index (χ3n) is 19.9. The Morgan fingerprint density at radius 1 is 0.280 bits per heavy atom. The minimum Gasteiger partial charge on any atom is -0.508 e. The van der Waals surface area contributed by atoms with Crippen LogP contribution in [-0.2, 0) is 0 Å². The number of rotatable bonds is 24. The summed E-state index contributed by atoms with van der Waals surface area (Å²) in [5.74, 6) is -0.108. The number of aryl methyl sites for hydroxylation is 7. The number of amides is 7. The second kappa shape index (κ2) is 59.1. The van der Waals surface area contributed by atoms with Gasteiger partial charge in [0.05, 0.1) is 71.1 Å². The summed E-state index contributed by atoms with van der Waals surface area (Å²) in [5.41, 5.74) is 33.9. The van der Waals surface area contributed by atoms with Gasteiger partial charge in [0.15, 0.2) is 0 Å². The number of anilines is 1. The number of phenols is 6. The van der Waals surface area contributed by atoms with Gasteiger partial charge in [-0.1, -0.05) is 146 Å². The first-order chi connectivity index (χ1) is 68.2. The molecule has 0 saturated heterocycles. The number of methoxy groups -OCH3 is 2. The van der Waals surface area contributed by atoms with Crippen LogP contribution in [0.15, 0.2) is 359 Å². The highest BCUT2D eigenvalue weighted by atomic mass is 79.9. The average molecular weight is 2120 g/mol. The summed E-state index contributed by atoms with van der Waals surface area (Å²) in [6.07, 6.45) is 10.5. The lowest BCUT2D eigenvalue weighted by molar-refractivity contribution is 0.0946. The molecule has 14 rings (SSSR count). The first-order valence-corrected chi connectivity index (χ1v) is 45.6. The van der Waals surface area contributed by atoms with E-state index >= 15 is 0 Å². The highest BCUT2D eigenvalue weighted by Gasteiger charge is 2.15. The second-order valence-electron chi connectivity index (χ2n) is 30.7. The number of aromatic hydroxyl groups is 6. The van der Waals surface area contributed by atoms with Crippen molar-refractivity contribution in [3.05, 3.63) is 440 Å². The van der Waals surface area contributed by atoms with E-state index in [0.717, 1.165) is 82.7 Å². The largest absolute Gasteiger partial charge is 0.508 e. The zero-order chi connectivity index (χ0) is 103. The Hall–Kier alpha value is -17.3. The number of halogens is 3. The summed E-state index contributed by atoms with van der Waals surface area (Å²) in [6, 6.07) is 90.0. The van der Waals surface area contributed by atoms with E-state index in [9.17, 15) is 54.0 Å². The van der Waals surface area contributed by atoms with E-state index in [0.29, 0.717) is 64.8 Å². The van der Waals surface area contributed by atoms with Crippen LogP contribution >= 0.6 is 47.8 Å². The summed E-state index contributed by atoms with van der Waals surface area (Å²) in [6.45, 7) is 13.2. The molecule has 143 heavy (non-hydrogen) atoms. The molecule has 734 valence electrons. The minimum atomic E-state index is -0.322. The third-order valence-corrected chi connectivity index (χ3v) is 21.8. The topological polar surface area (TPSA) is 433 Å². The number of phenolic OH excluding ortho intramolecular Hbond substituents is 6. The van der Waals surface area contributed by atoms with Crippen molar-refractivity contribution >= 4 is 138 Å². The first-order valence-electron chi connectivity index (χ1n) is 43.2. The lowest BCUT2D eigenvalue weighted by Crippen LogP contribution is -2.18. The molecule has 0 saturated carbocycles. The fourth-order valence-corrected chi connectivity index (χ4v) is 13.5. The van der Waals surface area contributed by atoms with Crippen molar-refractivity contribution in [2.45, 2.75) is 55.9 Å². The van der Waals surface area contributed by atoms with Gasteiger partial charge in [-0.15, -0.1) is 0 Å². The minimum absolute atomic E-state index is 0. The van der Waals surface area contributed by atoms with Crippen LogP contribution in [0.2, 0.25) is 0 Å². The van der Waals surface area contributed by atoms with E-state index in [4.69, 9.17) is 19.7 Å². The summed E-state index contributed by atoms with van der Waals surface area (Å²) in [5, 5.41) is 83.6. The molecule has 14 aromatic carbocycles. The highest BCUT2D eigenvalue weighted by molar-refractivity contribution is 9.11. The lowest BCUT2D eigenvalue weighted by atomic mass is 10.1. The Kier molecular flexibility index (Phi) is 46.6. The molecule has 0 radical (unpaired) electrons. The van der Waals surface area contributed by atoms with Crippen LogP contribution < -0.4 is 52.4 Å². The van der Waals surface area contributed by atoms with Gasteiger partial charge < -0.3 is 45.0 Å². The van der Waals surface area contributed by atoms with Gasteiger partial charge in [0.2, 0.25) is 0 Å². The van der Waals surface area contributed by atoms with Crippen LogP contribution in [0.4, 0.5) is 5.69 Å². The van der Waals surface area contributed by atoms with Gasteiger partial charge in [-0.3, -0.25) is 33.6 Å². The number of nitrogens with zero attached hydrogens (tertiary/aromatic N) is 8. The Morgan fingerprint density at radius 3 is 0.881 bits per heavy atom. The zero-order valence-electron chi connectivity index (χ0n) is 79.1. The predicted octanol–water partition coefficient (Wildman–Crippen LogP) is 20.6. The maximum Gasteiger partial charge on any atom is 0.271 e. The molecule has 0 aliphatic carbocycles. The SMILES string of the molecule is C.COc1ccc(/C=N/NC(=O)c2ccccc2C)c(O)c1.COc1ccc(/C=N/NC(=O)c2ccccc2C)cc1Br.Cc1cccc(C(=O)N/N=C/c2ccc(O)c(Br)c2)c1.Cc1ccccc1C(=O)N/N=C/c1ccc(N(C)C)cc1.Cc1ccccc1C(=O)N/N=C/c1ccc(O)c(Br)c1.Cc1ccccc1C(=O)N/N=C/c1ccc(O)cc1.Cc1ccccc1C(=O)N/N=C/c1ccc(O)cc1O. The molecule has 0 spiro atoms. The van der Waals surface area contributed by atoms with E-state index in [1.165, 1.54) is 62.4 Å². The van der Waals surface area contributed by atoms with Gasteiger partial charge in [0, 0.05) is 82.0 Å². The molecule has 0 aromatic heterocycles. The molecule has 30 nitrogen and oxygen atoms in total. The van der Waals surface area contributed by atoms with Gasteiger partial charge in [-0.2, -0.15) is 35.7 Å². The van der Waals surface area contributed by atoms with E-state index in [2.05, 4.69) is 121 Å². The lowest BCUT2D eigenvalue weighted by Gasteiger charge is -2.11. The molecule has 0 unspecified atom stereocenters. The van der Waals surface area contributed by atoms with Crippen molar-refractivity contribution in [2.75, 3.05) is 33.2 Å². The fraction of sp³-hybridized carbons (Fsp3) is 0.109. The third kappa shape index (κ3) is 38.2. The Labute approximate surface area is 854 Å². The standard InChI is InChI=1S/C17H19N3O.C16H15BrN2O2.C16H16N2O3.2C15H13BrN2O2.C15H14N2O3.C15H14N2O2.CH4/c1-13-6-4-5-7-16(13)17(21)19-18-12-14-8-10-15(11-9-14)20(2)3;1-11-5-3-4-6-13(11)16(20)19-18-10-12-7-8-15(21-2)14(17)9-12;1-11-5-3-4-6-14(11)16(20)18-17-10-12-7-8-13(21-2)9-15(12)19;1-10-3-2-4-12(7-10)15(20)18-17-9-11-5-6-14(19)13(16)8-11;1-10-4-2-3-5-12(10)15(20)18-17-9-11-6-7-14(19)13(16)8-11;1-10-4-2-3-5-13(10)15(20)17-16-9-11-6-7-12(18)8-14(11)19;1-11-4-2-3-5-14(11)15(19)17-16-10-12-6-8-13(18)9-7-12;/h4-12H,1-3H3,(H,19,21);3-10H,1-2H3,(H,19,20);3-10,19H,1-2H3,(H,18,20);2*2-9,19H,1H3,(H,18,20);2-9,18-19H,1H3,(H,17,20);2-10,18H,1H3,(H,17,19);1H4/b18-12+;18-10+;17-10+;2*17-9+;16-9+;16-10+;. The van der Waals surface area contributed by atoms with E-state index in [-0.39, 0.29) is 83.3 Å². The monoisotopic (exact) mass is 2120 g/mol. The van der Waals surface area contributed by atoms with E-state index < -0.39 is 0 Å². The summed E-state index contributed by atoms with van der Waals surface area (Å²) >= 11 is 9.83. The Morgan fingerprint density at radius 2 is 0.573 bits per heavy atom. The van der Waals surface area contributed by atoms with Crippen LogP contribution in [0.3, 0.4) is 0 Å². The van der Waals surface area contributed by atoms with Crippen LogP contribution in [0.25, 0.3) is 0 Å². The van der Waals surface area contributed by atoms with Gasteiger partial charge in [0.25, 0.3) is 41.4 Å². The smallest absolute Gasteiger partial charge is 0.271 e. The number of nitrogens with one attached hydrogen (secondary N) is 7. The number of hydrazone groups is 7. The molecule has 0 bridgehead atoms. The highest BCUT2D eigenvalue weighted by Crippen LogP contribution is 2.29. The predicted molar refractivity (Wildman–Crippen MR) is 576 cm³/mol. The van der Waals surface area contributed by atoms with Crippen LogP contribution in [0.1, 0.15) is 158 Å². The molecule has 0 aliphatic rings. The zero-order valence-corrected chi connectivity index (χ0v) is 83.8. The molecule has 0 heterocycles. The molecular formula is C110H108Br3N15O15. The summed E-state index contributed by atoms with van der Waals surface area (Å²) in [7, 11) is 7.11. The molecule has 0 fully saturated rings. The van der Waals surface area contributed by atoms with Crippen molar-refractivity contribution in [2.24, 2.45) is 35.7 Å². The quantitative estimate of drug-likeness (QED) is 0.0197. The molecular weight excluding hydrogens is 2010 g/mol. The molecule has 7 amide bonds. The number of ether oxygens (including phenoxy) is 2. The van der Waals surface area contributed by atoms with Gasteiger partial charge >= 0.3 is 0 Å². The van der Waals surface area contributed by atoms with E-state index in [1.54, 1.807) is 153 Å². The second-order valence-corrected chi connectivity index (χ2v) is 33.3. The summed E-state index contributed by atoms with van der Waals surface area (Å²) < 4.78 is 12.1. The van der Waals surface area contributed by atoms with Crippen LogP contribution in [0, 0.1) is 48.5 Å².